The normalized spacial score (nSPS) is 25.7. The van der Waals surface area contributed by atoms with Gasteiger partial charge in [0.15, 0.2) is 0 Å². The Morgan fingerprint density at radius 2 is 1.91 bits per heavy atom. The van der Waals surface area contributed by atoms with Crippen LogP contribution in [0.1, 0.15) is 26.7 Å². The Bertz CT molecular complexity index is 501. The van der Waals surface area contributed by atoms with Crippen LogP contribution in [0.4, 0.5) is 0 Å². The van der Waals surface area contributed by atoms with Crippen LogP contribution in [0, 0.1) is 5.92 Å². The van der Waals surface area contributed by atoms with Crippen LogP contribution in [0.5, 0.6) is 0 Å². The molecule has 7 nitrogen and oxygen atoms in total. The van der Waals surface area contributed by atoms with Crippen molar-refractivity contribution in [2.45, 2.75) is 38.8 Å². The van der Waals surface area contributed by atoms with E-state index in [4.69, 9.17) is 4.74 Å². The van der Waals surface area contributed by atoms with Crippen LogP contribution in [0.3, 0.4) is 0 Å². The molecule has 0 aromatic rings. The van der Waals surface area contributed by atoms with E-state index in [-0.39, 0.29) is 17.9 Å². The molecule has 1 amide bonds. The third-order valence-electron chi connectivity index (χ3n) is 4.71. The van der Waals surface area contributed by atoms with Gasteiger partial charge in [-0.1, -0.05) is 0 Å². The predicted molar refractivity (Wildman–Crippen MR) is 88.6 cm³/mol. The number of ether oxygens (including phenoxy) is 1. The first-order valence-corrected chi connectivity index (χ1v) is 10.2. The number of carbonyl (C=O) groups excluding carboxylic acids is 1. The monoisotopic (exact) mass is 347 g/mol. The number of rotatable bonds is 5. The fraction of sp³-hybridized carbons (Fsp3) is 0.933. The molecule has 0 aromatic carbocycles. The highest BCUT2D eigenvalue weighted by Gasteiger charge is 2.29. The van der Waals surface area contributed by atoms with Gasteiger partial charge in [0.25, 0.3) is 0 Å². The summed E-state index contributed by atoms with van der Waals surface area (Å²) >= 11 is 0. The summed E-state index contributed by atoms with van der Waals surface area (Å²) in [4.78, 5) is 14.7. The number of piperidine rings is 1. The second kappa shape index (κ2) is 7.92. The Morgan fingerprint density at radius 3 is 2.48 bits per heavy atom. The van der Waals surface area contributed by atoms with Crippen LogP contribution in [0.2, 0.25) is 0 Å². The van der Waals surface area contributed by atoms with Gasteiger partial charge in [0.05, 0.1) is 19.0 Å². The molecule has 0 bridgehead atoms. The molecule has 2 heterocycles. The van der Waals surface area contributed by atoms with Gasteiger partial charge in [-0.15, -0.1) is 0 Å². The maximum absolute atomic E-state index is 12.3. The van der Waals surface area contributed by atoms with E-state index in [1.807, 2.05) is 0 Å². The predicted octanol–water partition coefficient (Wildman–Crippen LogP) is -0.117. The van der Waals surface area contributed by atoms with E-state index < -0.39 is 10.0 Å². The SMILES string of the molecule is CC(C)N1CCC(C(=O)NCC2CN(S(C)(=O)=O)CCO2)CC1. The van der Waals surface area contributed by atoms with E-state index in [0.717, 1.165) is 25.9 Å². The molecular formula is C15H29N3O4S. The van der Waals surface area contributed by atoms with E-state index >= 15 is 0 Å². The van der Waals surface area contributed by atoms with Gasteiger partial charge in [-0.3, -0.25) is 4.79 Å². The average molecular weight is 347 g/mol. The van der Waals surface area contributed by atoms with Crippen molar-refractivity contribution < 1.29 is 17.9 Å². The maximum Gasteiger partial charge on any atom is 0.223 e. The van der Waals surface area contributed by atoms with Gasteiger partial charge in [-0.25, -0.2) is 8.42 Å². The van der Waals surface area contributed by atoms with Crippen molar-refractivity contribution in [1.82, 2.24) is 14.5 Å². The molecule has 0 saturated carbocycles. The number of sulfonamides is 1. The minimum Gasteiger partial charge on any atom is -0.374 e. The van der Waals surface area contributed by atoms with Crippen LogP contribution >= 0.6 is 0 Å². The molecule has 0 radical (unpaired) electrons. The first kappa shape index (κ1) is 18.6. The Morgan fingerprint density at radius 1 is 1.26 bits per heavy atom. The van der Waals surface area contributed by atoms with Crippen LogP contribution in [0.15, 0.2) is 0 Å². The van der Waals surface area contributed by atoms with Gasteiger partial charge in [-0.2, -0.15) is 4.31 Å². The maximum atomic E-state index is 12.3. The molecule has 0 aromatic heterocycles. The van der Waals surface area contributed by atoms with Crippen molar-refractivity contribution in [1.29, 1.82) is 0 Å². The number of carbonyl (C=O) groups is 1. The highest BCUT2D eigenvalue weighted by molar-refractivity contribution is 7.88. The summed E-state index contributed by atoms with van der Waals surface area (Å²) in [5.74, 6) is 0.119. The smallest absolute Gasteiger partial charge is 0.223 e. The van der Waals surface area contributed by atoms with Gasteiger partial charge in [0, 0.05) is 31.6 Å². The largest absolute Gasteiger partial charge is 0.374 e. The molecule has 2 aliphatic rings. The third kappa shape index (κ3) is 5.41. The number of likely N-dealkylation sites (tertiary alicyclic amines) is 1. The van der Waals surface area contributed by atoms with Crippen molar-refractivity contribution >= 4 is 15.9 Å². The van der Waals surface area contributed by atoms with Crippen molar-refractivity contribution in [3.8, 4) is 0 Å². The first-order chi connectivity index (χ1) is 10.8. The molecule has 1 atom stereocenters. The Labute approximate surface area is 139 Å². The second-order valence-corrected chi connectivity index (χ2v) is 8.75. The average Bonchev–Trinajstić information content (AvgIpc) is 2.52. The first-order valence-electron chi connectivity index (χ1n) is 8.36. The number of nitrogens with one attached hydrogen (secondary N) is 1. The van der Waals surface area contributed by atoms with Crippen LogP contribution in [-0.4, -0.2) is 81.3 Å². The lowest BCUT2D eigenvalue weighted by Gasteiger charge is -2.34. The summed E-state index contributed by atoms with van der Waals surface area (Å²) in [6.07, 6.45) is 2.70. The summed E-state index contributed by atoms with van der Waals surface area (Å²) in [6.45, 7) is 7.70. The minimum absolute atomic E-state index is 0.0552. The number of amides is 1. The summed E-state index contributed by atoms with van der Waals surface area (Å²) in [5, 5.41) is 2.93. The number of hydrogen-bond acceptors (Lipinski definition) is 5. The highest BCUT2D eigenvalue weighted by atomic mass is 32.2. The van der Waals surface area contributed by atoms with Crippen LogP contribution in [-0.2, 0) is 19.6 Å². The van der Waals surface area contributed by atoms with Crippen LogP contribution < -0.4 is 5.32 Å². The van der Waals surface area contributed by atoms with Gasteiger partial charge < -0.3 is 15.0 Å². The van der Waals surface area contributed by atoms with Crippen molar-refractivity contribution in [3.63, 3.8) is 0 Å². The molecule has 1 unspecified atom stereocenters. The second-order valence-electron chi connectivity index (χ2n) is 6.76. The molecule has 2 fully saturated rings. The summed E-state index contributed by atoms with van der Waals surface area (Å²) in [6, 6.07) is 0.525. The Kier molecular flexibility index (Phi) is 6.41. The molecular weight excluding hydrogens is 318 g/mol. The van der Waals surface area contributed by atoms with Crippen molar-refractivity contribution in [2.75, 3.05) is 45.6 Å². The quantitative estimate of drug-likeness (QED) is 0.750. The van der Waals surface area contributed by atoms with Crippen molar-refractivity contribution in [3.05, 3.63) is 0 Å². The number of hydrogen-bond donors (Lipinski definition) is 1. The Hall–Kier alpha value is -0.700. The lowest BCUT2D eigenvalue weighted by atomic mass is 9.95. The van der Waals surface area contributed by atoms with Crippen molar-refractivity contribution in [2.24, 2.45) is 5.92 Å². The minimum atomic E-state index is -3.20. The summed E-state index contributed by atoms with van der Waals surface area (Å²) < 4.78 is 30.1. The Balaban J connectivity index is 1.74. The molecule has 2 saturated heterocycles. The van der Waals surface area contributed by atoms with E-state index in [0.29, 0.717) is 32.3 Å². The zero-order chi connectivity index (χ0) is 17.0. The van der Waals surface area contributed by atoms with E-state index in [2.05, 4.69) is 24.1 Å². The zero-order valence-electron chi connectivity index (χ0n) is 14.3. The molecule has 2 rings (SSSR count). The molecule has 134 valence electrons. The van der Waals surface area contributed by atoms with E-state index in [1.54, 1.807) is 0 Å². The molecule has 8 heteroatoms. The fourth-order valence-corrected chi connectivity index (χ4v) is 4.00. The molecule has 0 spiro atoms. The van der Waals surface area contributed by atoms with Gasteiger partial charge in [0.2, 0.25) is 15.9 Å². The standard InChI is InChI=1S/C15H29N3O4S/c1-12(2)17-6-4-13(5-7-17)15(19)16-10-14-11-18(8-9-22-14)23(3,20)21/h12-14H,4-11H2,1-3H3,(H,16,19). The molecule has 1 N–H and O–H groups in total. The van der Waals surface area contributed by atoms with Gasteiger partial charge in [-0.05, 0) is 39.8 Å². The molecule has 2 aliphatic heterocycles. The number of nitrogens with zero attached hydrogens (tertiary/aromatic N) is 2. The summed E-state index contributed by atoms with van der Waals surface area (Å²) in [7, 11) is -3.20. The zero-order valence-corrected chi connectivity index (χ0v) is 15.1. The van der Waals surface area contributed by atoms with E-state index in [1.165, 1.54) is 10.6 Å². The lowest BCUT2D eigenvalue weighted by molar-refractivity contribution is -0.127. The third-order valence-corrected chi connectivity index (χ3v) is 5.97. The fourth-order valence-electron chi connectivity index (χ4n) is 3.15. The lowest BCUT2D eigenvalue weighted by Crippen LogP contribution is -2.50. The molecule has 23 heavy (non-hydrogen) atoms. The summed E-state index contributed by atoms with van der Waals surface area (Å²) in [5.41, 5.74) is 0. The highest BCUT2D eigenvalue weighted by Crippen LogP contribution is 2.19. The molecule has 0 aliphatic carbocycles. The van der Waals surface area contributed by atoms with Gasteiger partial charge in [0.1, 0.15) is 0 Å². The van der Waals surface area contributed by atoms with Gasteiger partial charge >= 0.3 is 0 Å². The number of morpholine rings is 1. The van der Waals surface area contributed by atoms with E-state index in [9.17, 15) is 13.2 Å². The van der Waals surface area contributed by atoms with Crippen LogP contribution in [0.25, 0.3) is 0 Å². The topological polar surface area (TPSA) is 79.0 Å².